The van der Waals surface area contributed by atoms with Gasteiger partial charge in [0.25, 0.3) is 0 Å². The van der Waals surface area contributed by atoms with Crippen molar-refractivity contribution in [1.82, 2.24) is 4.90 Å². The SMILES string of the molecule is COc1ccccc1CN(C)C(CN)C1CCCCC1. The fraction of sp³-hybridized carbons (Fsp3) is 0.647. The fourth-order valence-corrected chi connectivity index (χ4v) is 3.47. The van der Waals surface area contributed by atoms with Crippen LogP contribution in [0.15, 0.2) is 24.3 Å². The Morgan fingerprint density at radius 2 is 1.95 bits per heavy atom. The third-order valence-electron chi connectivity index (χ3n) is 4.61. The van der Waals surface area contributed by atoms with Gasteiger partial charge in [-0.15, -0.1) is 0 Å². The maximum atomic E-state index is 6.06. The van der Waals surface area contributed by atoms with Gasteiger partial charge in [-0.2, -0.15) is 0 Å². The van der Waals surface area contributed by atoms with Crippen molar-refractivity contribution in [3.63, 3.8) is 0 Å². The quantitative estimate of drug-likeness (QED) is 0.868. The maximum Gasteiger partial charge on any atom is 0.123 e. The third-order valence-corrected chi connectivity index (χ3v) is 4.61. The summed E-state index contributed by atoms with van der Waals surface area (Å²) < 4.78 is 5.45. The summed E-state index contributed by atoms with van der Waals surface area (Å²) in [6.07, 6.45) is 6.79. The van der Waals surface area contributed by atoms with Gasteiger partial charge in [-0.1, -0.05) is 37.5 Å². The van der Waals surface area contributed by atoms with Crippen molar-refractivity contribution in [3.8, 4) is 5.75 Å². The molecule has 3 nitrogen and oxygen atoms in total. The van der Waals surface area contributed by atoms with E-state index in [0.29, 0.717) is 6.04 Å². The van der Waals surface area contributed by atoms with Gasteiger partial charge in [0.15, 0.2) is 0 Å². The molecule has 2 N–H and O–H groups in total. The molecule has 1 aromatic carbocycles. The second-order valence-corrected chi connectivity index (χ2v) is 5.93. The van der Waals surface area contributed by atoms with Gasteiger partial charge in [-0.25, -0.2) is 0 Å². The molecule has 0 amide bonds. The van der Waals surface area contributed by atoms with E-state index >= 15 is 0 Å². The molecule has 0 aromatic heterocycles. The number of nitrogens with two attached hydrogens (primary N) is 1. The predicted molar refractivity (Wildman–Crippen MR) is 83.9 cm³/mol. The van der Waals surface area contributed by atoms with Crippen molar-refractivity contribution in [2.75, 3.05) is 20.7 Å². The third kappa shape index (κ3) is 3.74. The zero-order valence-electron chi connectivity index (χ0n) is 12.8. The number of rotatable bonds is 6. The van der Waals surface area contributed by atoms with Crippen molar-refractivity contribution < 1.29 is 4.74 Å². The lowest BCUT2D eigenvalue weighted by Crippen LogP contribution is -2.43. The fourth-order valence-electron chi connectivity index (χ4n) is 3.47. The van der Waals surface area contributed by atoms with Gasteiger partial charge in [0.05, 0.1) is 7.11 Å². The Morgan fingerprint density at radius 3 is 2.60 bits per heavy atom. The van der Waals surface area contributed by atoms with Crippen LogP contribution in [0.1, 0.15) is 37.7 Å². The van der Waals surface area contributed by atoms with E-state index in [2.05, 4.69) is 24.1 Å². The standard InChI is InChI=1S/C17H28N2O/c1-19(13-15-10-6-7-11-17(15)20-2)16(12-18)14-8-4-3-5-9-14/h6-7,10-11,14,16H,3-5,8-9,12-13,18H2,1-2H3. The van der Waals surface area contributed by atoms with Crippen LogP contribution < -0.4 is 10.5 Å². The Bertz CT molecular complexity index is 402. The van der Waals surface area contributed by atoms with Gasteiger partial charge in [0.1, 0.15) is 5.75 Å². The van der Waals surface area contributed by atoms with Crippen LogP contribution >= 0.6 is 0 Å². The molecule has 0 saturated heterocycles. The van der Waals surface area contributed by atoms with Crippen LogP contribution in [-0.2, 0) is 6.54 Å². The monoisotopic (exact) mass is 276 g/mol. The highest BCUT2D eigenvalue weighted by Gasteiger charge is 2.26. The Labute approximate surface area is 123 Å². The van der Waals surface area contributed by atoms with E-state index < -0.39 is 0 Å². The minimum atomic E-state index is 0.486. The normalized spacial score (nSPS) is 18.2. The molecule has 0 heterocycles. The number of ether oxygens (including phenoxy) is 1. The molecular formula is C17H28N2O. The van der Waals surface area contributed by atoms with Crippen LogP contribution in [0.5, 0.6) is 5.75 Å². The Hall–Kier alpha value is -1.06. The summed E-state index contributed by atoms with van der Waals surface area (Å²) in [6, 6.07) is 8.75. The maximum absolute atomic E-state index is 6.06. The second-order valence-electron chi connectivity index (χ2n) is 5.93. The molecule has 0 bridgehead atoms. The van der Waals surface area contributed by atoms with Crippen LogP contribution in [-0.4, -0.2) is 31.6 Å². The smallest absolute Gasteiger partial charge is 0.123 e. The first-order valence-electron chi connectivity index (χ1n) is 7.78. The minimum Gasteiger partial charge on any atom is -0.496 e. The number of para-hydroxylation sites is 1. The molecule has 2 rings (SSSR count). The first-order valence-corrected chi connectivity index (χ1v) is 7.78. The van der Waals surface area contributed by atoms with E-state index in [-0.39, 0.29) is 0 Å². The number of methoxy groups -OCH3 is 1. The summed E-state index contributed by atoms with van der Waals surface area (Å²) >= 11 is 0. The molecule has 1 aliphatic carbocycles. The molecule has 1 fully saturated rings. The largest absolute Gasteiger partial charge is 0.496 e. The summed E-state index contributed by atoms with van der Waals surface area (Å²) in [5.74, 6) is 1.73. The highest BCUT2D eigenvalue weighted by atomic mass is 16.5. The molecule has 3 heteroatoms. The summed E-state index contributed by atoms with van der Waals surface area (Å²) in [4.78, 5) is 2.41. The molecule has 0 spiro atoms. The van der Waals surface area contributed by atoms with Crippen LogP contribution in [0, 0.1) is 5.92 Å². The van der Waals surface area contributed by atoms with Gasteiger partial charge < -0.3 is 10.5 Å². The van der Waals surface area contributed by atoms with Crippen molar-refractivity contribution in [3.05, 3.63) is 29.8 Å². The van der Waals surface area contributed by atoms with Crippen molar-refractivity contribution in [2.24, 2.45) is 11.7 Å². The summed E-state index contributed by atoms with van der Waals surface area (Å²) in [6.45, 7) is 1.65. The number of hydrogen-bond donors (Lipinski definition) is 1. The van der Waals surface area contributed by atoms with E-state index in [4.69, 9.17) is 10.5 Å². The highest BCUT2D eigenvalue weighted by Crippen LogP contribution is 2.29. The van der Waals surface area contributed by atoms with E-state index in [1.165, 1.54) is 37.7 Å². The van der Waals surface area contributed by atoms with Crippen molar-refractivity contribution >= 4 is 0 Å². The summed E-state index contributed by atoms with van der Waals surface area (Å²) in [7, 11) is 3.93. The van der Waals surface area contributed by atoms with E-state index in [1.54, 1.807) is 7.11 Å². The first-order chi connectivity index (χ1) is 9.76. The molecule has 0 radical (unpaired) electrons. The van der Waals surface area contributed by atoms with Gasteiger partial charge in [0, 0.05) is 24.7 Å². The predicted octanol–water partition coefficient (Wildman–Crippen LogP) is 3.03. The molecular weight excluding hydrogens is 248 g/mol. The summed E-state index contributed by atoms with van der Waals surface area (Å²) in [5.41, 5.74) is 7.30. The minimum absolute atomic E-state index is 0.486. The molecule has 1 unspecified atom stereocenters. The van der Waals surface area contributed by atoms with Gasteiger partial charge in [0.2, 0.25) is 0 Å². The van der Waals surface area contributed by atoms with Gasteiger partial charge in [-0.05, 0) is 31.9 Å². The molecule has 1 aliphatic rings. The van der Waals surface area contributed by atoms with E-state index in [1.807, 2.05) is 12.1 Å². The van der Waals surface area contributed by atoms with E-state index in [0.717, 1.165) is 24.8 Å². The van der Waals surface area contributed by atoms with Gasteiger partial charge in [-0.3, -0.25) is 4.90 Å². The molecule has 1 saturated carbocycles. The average molecular weight is 276 g/mol. The van der Waals surface area contributed by atoms with Gasteiger partial charge >= 0.3 is 0 Å². The van der Waals surface area contributed by atoms with Crippen LogP contribution in [0.3, 0.4) is 0 Å². The Morgan fingerprint density at radius 1 is 1.25 bits per heavy atom. The number of nitrogens with zero attached hydrogens (tertiary/aromatic N) is 1. The van der Waals surface area contributed by atoms with Crippen molar-refractivity contribution in [1.29, 1.82) is 0 Å². The molecule has 1 atom stereocenters. The van der Waals surface area contributed by atoms with Crippen molar-refractivity contribution in [2.45, 2.75) is 44.7 Å². The number of likely N-dealkylation sites (N-methyl/N-ethyl adjacent to an activating group) is 1. The molecule has 0 aliphatic heterocycles. The zero-order chi connectivity index (χ0) is 14.4. The van der Waals surface area contributed by atoms with Crippen LogP contribution in [0.2, 0.25) is 0 Å². The average Bonchev–Trinajstić information content (AvgIpc) is 2.49. The molecule has 20 heavy (non-hydrogen) atoms. The highest BCUT2D eigenvalue weighted by molar-refractivity contribution is 5.33. The number of benzene rings is 1. The van der Waals surface area contributed by atoms with Crippen LogP contribution in [0.4, 0.5) is 0 Å². The lowest BCUT2D eigenvalue weighted by molar-refractivity contribution is 0.142. The zero-order valence-corrected chi connectivity index (χ0v) is 12.8. The Balaban J connectivity index is 2.02. The summed E-state index contributed by atoms with van der Waals surface area (Å²) in [5, 5.41) is 0. The topological polar surface area (TPSA) is 38.5 Å². The second kappa shape index (κ2) is 7.65. The van der Waals surface area contributed by atoms with E-state index in [9.17, 15) is 0 Å². The van der Waals surface area contributed by atoms with Crippen LogP contribution in [0.25, 0.3) is 0 Å². The number of hydrogen-bond acceptors (Lipinski definition) is 3. The lowest BCUT2D eigenvalue weighted by Gasteiger charge is -2.36. The first kappa shape index (κ1) is 15.3. The Kier molecular flexibility index (Phi) is 5.86. The molecule has 112 valence electrons. The molecule has 1 aromatic rings. The lowest BCUT2D eigenvalue weighted by atomic mass is 9.83.